The molecule has 2 aliphatic heterocycles. The first kappa shape index (κ1) is 20.2. The normalized spacial score (nSPS) is 25.3. The molecule has 2 aliphatic rings. The van der Waals surface area contributed by atoms with Crippen LogP contribution in [0.4, 0.5) is 0 Å². The van der Waals surface area contributed by atoms with Crippen molar-refractivity contribution in [1.29, 1.82) is 0 Å². The van der Waals surface area contributed by atoms with Crippen molar-refractivity contribution >= 4 is 5.96 Å². The summed E-state index contributed by atoms with van der Waals surface area (Å²) in [5.41, 5.74) is 1.40. The SMILES string of the molecule is CCNC(=NCC1CCCN(C)C1)NC1CCCN(Cc2ccccc2)C1. The molecular weight excluding hydrogens is 334 g/mol. The lowest BCUT2D eigenvalue weighted by Gasteiger charge is -2.34. The predicted molar refractivity (Wildman–Crippen MR) is 114 cm³/mol. The maximum atomic E-state index is 4.92. The minimum absolute atomic E-state index is 0.481. The largest absolute Gasteiger partial charge is 0.357 e. The lowest BCUT2D eigenvalue weighted by Crippen LogP contribution is -2.51. The summed E-state index contributed by atoms with van der Waals surface area (Å²) < 4.78 is 0. The third-order valence-electron chi connectivity index (χ3n) is 5.67. The molecule has 2 N–H and O–H groups in total. The Balaban J connectivity index is 1.51. The summed E-state index contributed by atoms with van der Waals surface area (Å²) in [5.74, 6) is 1.69. The topological polar surface area (TPSA) is 42.9 Å². The molecule has 150 valence electrons. The Kier molecular flexibility index (Phi) is 7.96. The number of likely N-dealkylation sites (tertiary alicyclic amines) is 2. The van der Waals surface area contributed by atoms with Gasteiger partial charge < -0.3 is 15.5 Å². The molecule has 0 bridgehead atoms. The molecule has 0 amide bonds. The fourth-order valence-electron chi connectivity index (χ4n) is 4.31. The molecule has 0 aromatic heterocycles. The first-order chi connectivity index (χ1) is 13.2. The van der Waals surface area contributed by atoms with Crippen LogP contribution in [0.25, 0.3) is 0 Å². The number of piperidine rings is 2. The van der Waals surface area contributed by atoms with E-state index in [4.69, 9.17) is 4.99 Å². The van der Waals surface area contributed by atoms with Crippen LogP contribution in [0.3, 0.4) is 0 Å². The molecule has 0 radical (unpaired) electrons. The molecule has 1 aromatic carbocycles. The molecule has 2 saturated heterocycles. The summed E-state index contributed by atoms with van der Waals surface area (Å²) in [6.07, 6.45) is 5.08. The summed E-state index contributed by atoms with van der Waals surface area (Å²) in [6, 6.07) is 11.3. The molecule has 0 saturated carbocycles. The first-order valence-corrected chi connectivity index (χ1v) is 10.7. The summed E-state index contributed by atoms with van der Waals surface area (Å²) >= 11 is 0. The lowest BCUT2D eigenvalue weighted by atomic mass is 9.99. The van der Waals surface area contributed by atoms with E-state index in [-0.39, 0.29) is 0 Å². The van der Waals surface area contributed by atoms with Gasteiger partial charge in [-0.2, -0.15) is 0 Å². The molecule has 27 heavy (non-hydrogen) atoms. The van der Waals surface area contributed by atoms with Crippen molar-refractivity contribution in [2.75, 3.05) is 46.3 Å². The van der Waals surface area contributed by atoms with E-state index >= 15 is 0 Å². The molecule has 1 aromatic rings. The van der Waals surface area contributed by atoms with Crippen molar-refractivity contribution in [2.24, 2.45) is 10.9 Å². The minimum atomic E-state index is 0.481. The molecule has 2 fully saturated rings. The number of hydrogen-bond donors (Lipinski definition) is 2. The van der Waals surface area contributed by atoms with Gasteiger partial charge in [-0.15, -0.1) is 0 Å². The zero-order valence-electron chi connectivity index (χ0n) is 17.2. The van der Waals surface area contributed by atoms with Crippen LogP contribution in [0.5, 0.6) is 0 Å². The quantitative estimate of drug-likeness (QED) is 0.596. The smallest absolute Gasteiger partial charge is 0.191 e. The average molecular weight is 372 g/mol. The van der Waals surface area contributed by atoms with Gasteiger partial charge in [0.1, 0.15) is 0 Å². The van der Waals surface area contributed by atoms with Gasteiger partial charge in [0.2, 0.25) is 0 Å². The summed E-state index contributed by atoms with van der Waals surface area (Å²) in [6.45, 7) is 9.72. The van der Waals surface area contributed by atoms with Gasteiger partial charge in [-0.05, 0) is 64.2 Å². The number of rotatable bonds is 6. The third-order valence-corrected chi connectivity index (χ3v) is 5.67. The van der Waals surface area contributed by atoms with E-state index in [2.05, 4.69) is 64.7 Å². The van der Waals surface area contributed by atoms with Crippen molar-refractivity contribution in [1.82, 2.24) is 20.4 Å². The van der Waals surface area contributed by atoms with Gasteiger partial charge in [0.15, 0.2) is 5.96 Å². The van der Waals surface area contributed by atoms with Crippen molar-refractivity contribution < 1.29 is 0 Å². The zero-order valence-corrected chi connectivity index (χ0v) is 17.2. The van der Waals surface area contributed by atoms with Crippen LogP contribution in [0.15, 0.2) is 35.3 Å². The molecule has 2 heterocycles. The standard InChI is InChI=1S/C22H37N5/c1-3-23-22(24-15-20-11-7-13-26(2)16-20)25-21-12-8-14-27(18-21)17-19-9-5-4-6-10-19/h4-6,9-10,20-21H,3,7-8,11-18H2,1-2H3,(H2,23,24,25). The Labute approximate surface area is 165 Å². The second-order valence-electron chi connectivity index (χ2n) is 8.19. The van der Waals surface area contributed by atoms with Crippen LogP contribution < -0.4 is 10.6 Å². The van der Waals surface area contributed by atoms with Crippen molar-refractivity contribution in [3.8, 4) is 0 Å². The van der Waals surface area contributed by atoms with Gasteiger partial charge in [0.25, 0.3) is 0 Å². The molecule has 2 atom stereocenters. The number of guanidine groups is 1. The first-order valence-electron chi connectivity index (χ1n) is 10.7. The predicted octanol–water partition coefficient (Wildman–Crippen LogP) is 2.55. The minimum Gasteiger partial charge on any atom is -0.357 e. The van der Waals surface area contributed by atoms with Gasteiger partial charge in [0, 0.05) is 38.8 Å². The van der Waals surface area contributed by atoms with Gasteiger partial charge in [-0.1, -0.05) is 30.3 Å². The number of nitrogens with zero attached hydrogens (tertiary/aromatic N) is 3. The van der Waals surface area contributed by atoms with Crippen molar-refractivity contribution in [2.45, 2.75) is 45.2 Å². The third kappa shape index (κ3) is 6.82. The van der Waals surface area contributed by atoms with Crippen LogP contribution in [-0.2, 0) is 6.54 Å². The highest BCUT2D eigenvalue weighted by molar-refractivity contribution is 5.80. The Bertz CT molecular complexity index is 573. The molecule has 2 unspecified atom stereocenters. The highest BCUT2D eigenvalue weighted by Crippen LogP contribution is 2.16. The molecule has 3 rings (SSSR count). The van der Waals surface area contributed by atoms with Gasteiger partial charge in [-0.25, -0.2) is 0 Å². The highest BCUT2D eigenvalue weighted by atomic mass is 15.2. The Morgan fingerprint density at radius 1 is 1.11 bits per heavy atom. The monoisotopic (exact) mass is 371 g/mol. The molecular formula is C22H37N5. The summed E-state index contributed by atoms with van der Waals surface area (Å²) in [7, 11) is 2.22. The van der Waals surface area contributed by atoms with Crippen molar-refractivity contribution in [3.63, 3.8) is 0 Å². The average Bonchev–Trinajstić information content (AvgIpc) is 2.67. The highest BCUT2D eigenvalue weighted by Gasteiger charge is 2.21. The van der Waals surface area contributed by atoms with Gasteiger partial charge in [-0.3, -0.25) is 9.89 Å². The number of benzene rings is 1. The van der Waals surface area contributed by atoms with E-state index in [9.17, 15) is 0 Å². The van der Waals surface area contributed by atoms with E-state index in [0.29, 0.717) is 12.0 Å². The zero-order chi connectivity index (χ0) is 18.9. The van der Waals surface area contributed by atoms with E-state index in [1.54, 1.807) is 0 Å². The Morgan fingerprint density at radius 2 is 1.93 bits per heavy atom. The Hall–Kier alpha value is -1.59. The van der Waals surface area contributed by atoms with Crippen LogP contribution in [0.2, 0.25) is 0 Å². The van der Waals surface area contributed by atoms with Crippen molar-refractivity contribution in [3.05, 3.63) is 35.9 Å². The maximum absolute atomic E-state index is 4.92. The molecule has 5 nitrogen and oxygen atoms in total. The van der Waals surface area contributed by atoms with Crippen LogP contribution in [0.1, 0.15) is 38.2 Å². The number of nitrogens with one attached hydrogen (secondary N) is 2. The fraction of sp³-hybridized carbons (Fsp3) is 0.682. The fourth-order valence-corrected chi connectivity index (χ4v) is 4.31. The summed E-state index contributed by atoms with van der Waals surface area (Å²) in [5, 5.41) is 7.16. The lowest BCUT2D eigenvalue weighted by molar-refractivity contribution is 0.192. The number of hydrogen-bond acceptors (Lipinski definition) is 3. The second-order valence-corrected chi connectivity index (χ2v) is 8.19. The van der Waals surface area contributed by atoms with E-state index in [1.807, 2.05) is 0 Å². The molecule has 0 spiro atoms. The van der Waals surface area contributed by atoms with Crippen LogP contribution >= 0.6 is 0 Å². The maximum Gasteiger partial charge on any atom is 0.191 e. The molecule has 0 aliphatic carbocycles. The van der Waals surface area contributed by atoms with Gasteiger partial charge in [0.05, 0.1) is 0 Å². The number of aliphatic imine (C=N–C) groups is 1. The second kappa shape index (κ2) is 10.7. The summed E-state index contributed by atoms with van der Waals surface area (Å²) in [4.78, 5) is 9.93. The van der Waals surface area contributed by atoms with Gasteiger partial charge >= 0.3 is 0 Å². The van der Waals surface area contributed by atoms with Crippen LogP contribution in [0, 0.1) is 5.92 Å². The molecule has 5 heteroatoms. The van der Waals surface area contributed by atoms with E-state index in [1.165, 1.54) is 50.9 Å². The Morgan fingerprint density at radius 3 is 2.70 bits per heavy atom. The van der Waals surface area contributed by atoms with Crippen LogP contribution in [-0.4, -0.2) is 68.1 Å². The van der Waals surface area contributed by atoms with E-state index in [0.717, 1.165) is 32.1 Å². The van der Waals surface area contributed by atoms with E-state index < -0.39 is 0 Å².